The summed E-state index contributed by atoms with van der Waals surface area (Å²) in [6.07, 6.45) is 2.22. The van der Waals surface area contributed by atoms with Gasteiger partial charge < -0.3 is 15.0 Å². The lowest BCUT2D eigenvalue weighted by Gasteiger charge is -2.28. The maximum Gasteiger partial charge on any atom is 0.243 e. The minimum absolute atomic E-state index is 0.212. The summed E-state index contributed by atoms with van der Waals surface area (Å²) < 4.78 is 30.9. The lowest BCUT2D eigenvalue weighted by Crippen LogP contribution is -2.45. The minimum Gasteiger partial charge on any atom is -0.496 e. The highest BCUT2D eigenvalue weighted by molar-refractivity contribution is 7.91. The van der Waals surface area contributed by atoms with Crippen LogP contribution in [0.5, 0.6) is 5.75 Å². The lowest BCUT2D eigenvalue weighted by atomic mass is 10.0. The standard InChI is InChI=1S/C27H30N2O4S/c1-20-13-15-23(16-14-20)34(31,32)19-28-27(30)25-11-7-17-29(25)24-10-5-3-8-21(24)18-22-9-4-6-12-26(22)33-2/h3-6,8-10,12-16,25H,7,11,17-19H2,1-2H3,(H,28,30). The molecule has 34 heavy (non-hydrogen) atoms. The van der Waals surface area contributed by atoms with Gasteiger partial charge in [-0.1, -0.05) is 54.1 Å². The molecule has 178 valence electrons. The van der Waals surface area contributed by atoms with Crippen molar-refractivity contribution in [2.75, 3.05) is 24.4 Å². The Morgan fingerprint density at radius 2 is 1.68 bits per heavy atom. The second-order valence-corrected chi connectivity index (χ2v) is 10.6. The SMILES string of the molecule is COc1ccccc1Cc1ccccc1N1CCCC1C(=O)NCS(=O)(=O)c1ccc(C)cc1. The van der Waals surface area contributed by atoms with E-state index in [2.05, 4.69) is 16.3 Å². The number of nitrogens with zero attached hydrogens (tertiary/aromatic N) is 1. The molecule has 1 amide bonds. The lowest BCUT2D eigenvalue weighted by molar-refractivity contribution is -0.121. The zero-order valence-electron chi connectivity index (χ0n) is 19.5. The number of para-hydroxylation sites is 2. The normalized spacial score (nSPS) is 15.8. The van der Waals surface area contributed by atoms with E-state index in [0.717, 1.165) is 41.1 Å². The fraction of sp³-hybridized carbons (Fsp3) is 0.296. The molecule has 7 heteroatoms. The zero-order chi connectivity index (χ0) is 24.1. The summed E-state index contributed by atoms with van der Waals surface area (Å²) in [5, 5.41) is 2.68. The zero-order valence-corrected chi connectivity index (χ0v) is 20.3. The van der Waals surface area contributed by atoms with Crippen LogP contribution in [0.25, 0.3) is 0 Å². The third kappa shape index (κ3) is 5.25. The van der Waals surface area contributed by atoms with E-state index in [1.54, 1.807) is 31.4 Å². The van der Waals surface area contributed by atoms with E-state index in [4.69, 9.17) is 4.74 Å². The first-order valence-electron chi connectivity index (χ1n) is 11.4. The molecular formula is C27H30N2O4S. The maximum absolute atomic E-state index is 13.1. The van der Waals surface area contributed by atoms with Crippen LogP contribution in [-0.2, 0) is 21.1 Å². The van der Waals surface area contributed by atoms with E-state index in [9.17, 15) is 13.2 Å². The summed E-state index contributed by atoms with van der Waals surface area (Å²) in [6, 6.07) is 22.2. The van der Waals surface area contributed by atoms with Gasteiger partial charge in [-0.25, -0.2) is 8.42 Å². The molecule has 0 aromatic heterocycles. The molecular weight excluding hydrogens is 448 g/mol. The minimum atomic E-state index is -3.60. The molecule has 0 aliphatic carbocycles. The first-order chi connectivity index (χ1) is 16.4. The highest BCUT2D eigenvalue weighted by Gasteiger charge is 2.32. The molecule has 1 saturated heterocycles. The fourth-order valence-corrected chi connectivity index (χ4v) is 5.48. The highest BCUT2D eigenvalue weighted by Crippen LogP contribution is 2.32. The van der Waals surface area contributed by atoms with Gasteiger partial charge in [0, 0.05) is 18.7 Å². The second-order valence-electron chi connectivity index (χ2n) is 8.58. The van der Waals surface area contributed by atoms with E-state index < -0.39 is 21.8 Å². The maximum atomic E-state index is 13.1. The molecule has 0 saturated carbocycles. The van der Waals surface area contributed by atoms with Crippen LogP contribution in [0.15, 0.2) is 77.7 Å². The third-order valence-corrected chi connectivity index (χ3v) is 7.76. The van der Waals surface area contributed by atoms with Crippen molar-refractivity contribution in [1.82, 2.24) is 5.32 Å². The molecule has 0 bridgehead atoms. The first kappa shape index (κ1) is 23.8. The number of nitrogens with one attached hydrogen (secondary N) is 1. The predicted molar refractivity (Wildman–Crippen MR) is 134 cm³/mol. The van der Waals surface area contributed by atoms with Crippen molar-refractivity contribution in [2.45, 2.75) is 37.1 Å². The Morgan fingerprint density at radius 3 is 2.41 bits per heavy atom. The monoisotopic (exact) mass is 478 g/mol. The van der Waals surface area contributed by atoms with Crippen LogP contribution >= 0.6 is 0 Å². The largest absolute Gasteiger partial charge is 0.496 e. The number of aryl methyl sites for hydroxylation is 1. The first-order valence-corrected chi connectivity index (χ1v) is 13.1. The number of methoxy groups -OCH3 is 1. The molecule has 0 radical (unpaired) electrons. The molecule has 6 nitrogen and oxygen atoms in total. The van der Waals surface area contributed by atoms with Crippen LogP contribution in [0.3, 0.4) is 0 Å². The molecule has 1 atom stereocenters. The smallest absolute Gasteiger partial charge is 0.243 e. The molecule has 4 rings (SSSR count). The van der Waals surface area contributed by atoms with Gasteiger partial charge in [-0.05, 0) is 55.2 Å². The molecule has 1 aliphatic heterocycles. The number of amides is 1. The Bertz CT molecular complexity index is 1260. The van der Waals surface area contributed by atoms with Gasteiger partial charge in [0.15, 0.2) is 9.84 Å². The summed E-state index contributed by atoms with van der Waals surface area (Å²) in [5.74, 6) is 0.150. The van der Waals surface area contributed by atoms with Crippen LogP contribution in [0.2, 0.25) is 0 Å². The number of hydrogen-bond donors (Lipinski definition) is 1. The predicted octanol–water partition coefficient (Wildman–Crippen LogP) is 4.11. The number of benzene rings is 3. The number of rotatable bonds is 8. The summed E-state index contributed by atoms with van der Waals surface area (Å²) >= 11 is 0. The van der Waals surface area contributed by atoms with Crippen LogP contribution in [0.1, 0.15) is 29.5 Å². The number of carbonyl (C=O) groups is 1. The number of carbonyl (C=O) groups excluding carboxylic acids is 1. The number of ether oxygens (including phenoxy) is 1. The Kier molecular flexibility index (Phi) is 7.22. The fourth-order valence-electron chi connectivity index (χ4n) is 4.44. The molecule has 1 N–H and O–H groups in total. The van der Waals surface area contributed by atoms with Gasteiger partial charge in [-0.2, -0.15) is 0 Å². The van der Waals surface area contributed by atoms with Crippen LogP contribution in [0.4, 0.5) is 5.69 Å². The average Bonchev–Trinajstić information content (AvgIpc) is 3.33. The topological polar surface area (TPSA) is 75.7 Å². The van der Waals surface area contributed by atoms with Gasteiger partial charge in [0.2, 0.25) is 5.91 Å². The number of hydrogen-bond acceptors (Lipinski definition) is 5. The van der Waals surface area contributed by atoms with Crippen molar-refractivity contribution in [3.05, 3.63) is 89.5 Å². The quantitative estimate of drug-likeness (QED) is 0.527. The Hall–Kier alpha value is -3.32. The molecule has 3 aromatic rings. The van der Waals surface area contributed by atoms with Gasteiger partial charge >= 0.3 is 0 Å². The molecule has 1 unspecified atom stereocenters. The highest BCUT2D eigenvalue weighted by atomic mass is 32.2. The van der Waals surface area contributed by atoms with Gasteiger partial charge in [-0.15, -0.1) is 0 Å². The Labute approximate surface area is 201 Å². The molecule has 1 fully saturated rings. The van der Waals surface area contributed by atoms with Gasteiger partial charge in [0.05, 0.1) is 12.0 Å². The van der Waals surface area contributed by atoms with Crippen molar-refractivity contribution in [1.29, 1.82) is 0 Å². The van der Waals surface area contributed by atoms with Crippen molar-refractivity contribution in [3.63, 3.8) is 0 Å². The van der Waals surface area contributed by atoms with Crippen LogP contribution in [-0.4, -0.2) is 39.9 Å². The van der Waals surface area contributed by atoms with Crippen molar-refractivity contribution in [2.24, 2.45) is 0 Å². The van der Waals surface area contributed by atoms with E-state index in [1.165, 1.54) is 0 Å². The summed E-state index contributed by atoms with van der Waals surface area (Å²) in [5.41, 5.74) is 4.14. The Morgan fingerprint density at radius 1 is 1.00 bits per heavy atom. The van der Waals surface area contributed by atoms with Crippen molar-refractivity contribution >= 4 is 21.4 Å². The number of anilines is 1. The van der Waals surface area contributed by atoms with E-state index in [-0.39, 0.29) is 10.8 Å². The summed E-state index contributed by atoms with van der Waals surface area (Å²) in [7, 11) is -1.94. The molecule has 1 heterocycles. The van der Waals surface area contributed by atoms with Gasteiger partial charge in [0.1, 0.15) is 17.7 Å². The molecule has 1 aliphatic rings. The van der Waals surface area contributed by atoms with Crippen molar-refractivity contribution in [3.8, 4) is 5.75 Å². The van der Waals surface area contributed by atoms with E-state index >= 15 is 0 Å². The van der Waals surface area contributed by atoms with Crippen LogP contribution in [0, 0.1) is 6.92 Å². The molecule has 0 spiro atoms. The average molecular weight is 479 g/mol. The number of sulfone groups is 1. The van der Waals surface area contributed by atoms with Crippen molar-refractivity contribution < 1.29 is 17.9 Å². The third-order valence-electron chi connectivity index (χ3n) is 6.25. The Balaban J connectivity index is 1.50. The van der Waals surface area contributed by atoms with Crippen LogP contribution < -0.4 is 15.0 Å². The van der Waals surface area contributed by atoms with Gasteiger partial charge in [-0.3, -0.25) is 4.79 Å². The van der Waals surface area contributed by atoms with Gasteiger partial charge in [0.25, 0.3) is 0 Å². The summed E-state index contributed by atoms with van der Waals surface area (Å²) in [6.45, 7) is 2.64. The molecule has 3 aromatic carbocycles. The van der Waals surface area contributed by atoms with E-state index in [0.29, 0.717) is 12.8 Å². The van der Waals surface area contributed by atoms with E-state index in [1.807, 2.05) is 49.4 Å². The summed E-state index contributed by atoms with van der Waals surface area (Å²) in [4.78, 5) is 15.4. The second kappa shape index (κ2) is 10.3.